The summed E-state index contributed by atoms with van der Waals surface area (Å²) in [7, 11) is 0. The Balaban J connectivity index is 1.46. The summed E-state index contributed by atoms with van der Waals surface area (Å²) in [5.74, 6) is 4.46. The van der Waals surface area contributed by atoms with E-state index in [1.807, 2.05) is 0 Å². The third-order valence-electron chi connectivity index (χ3n) is 5.09. The fourth-order valence-corrected chi connectivity index (χ4v) is 5.00. The van der Waals surface area contributed by atoms with Crippen LogP contribution in [0, 0.1) is 17.8 Å². The second-order valence-electron chi connectivity index (χ2n) is 7.99. The lowest BCUT2D eigenvalue weighted by Gasteiger charge is -2.21. The molecule has 3 atom stereocenters. The molecule has 1 aromatic rings. The van der Waals surface area contributed by atoms with Gasteiger partial charge in [0.05, 0.1) is 0 Å². The zero-order valence-electron chi connectivity index (χ0n) is 13.7. The van der Waals surface area contributed by atoms with Crippen molar-refractivity contribution >= 4 is 11.8 Å². The monoisotopic (exact) mass is 303 g/mol. The van der Waals surface area contributed by atoms with Crippen molar-refractivity contribution in [3.63, 3.8) is 0 Å². The van der Waals surface area contributed by atoms with Crippen LogP contribution in [0.25, 0.3) is 0 Å². The Morgan fingerprint density at radius 2 is 1.86 bits per heavy atom. The average molecular weight is 304 g/mol. The first-order valence-corrected chi connectivity index (χ1v) is 9.45. The van der Waals surface area contributed by atoms with Crippen molar-refractivity contribution in [3.05, 3.63) is 29.8 Å². The second kappa shape index (κ2) is 6.34. The summed E-state index contributed by atoms with van der Waals surface area (Å²) in [6.45, 7) is 7.60. The maximum absolute atomic E-state index is 3.55. The minimum atomic E-state index is 0.190. The van der Waals surface area contributed by atoms with Crippen molar-refractivity contribution < 1.29 is 0 Å². The summed E-state index contributed by atoms with van der Waals surface area (Å²) in [5, 5.41) is 3.55. The number of nitrogens with one attached hydrogen (secondary N) is 1. The smallest absolute Gasteiger partial charge is 0.0210 e. The van der Waals surface area contributed by atoms with E-state index in [2.05, 4.69) is 62.1 Å². The maximum atomic E-state index is 3.55. The van der Waals surface area contributed by atoms with Gasteiger partial charge in [0.15, 0.2) is 0 Å². The lowest BCUT2D eigenvalue weighted by atomic mass is 9.90. The fraction of sp³-hybridized carbons (Fsp3) is 0.684. The van der Waals surface area contributed by atoms with E-state index >= 15 is 0 Å². The molecule has 116 valence electrons. The topological polar surface area (TPSA) is 12.0 Å². The van der Waals surface area contributed by atoms with Crippen molar-refractivity contribution in [2.24, 2.45) is 17.8 Å². The number of thioether (sulfide) groups is 1. The average Bonchev–Trinajstić information content (AvgIpc) is 3.05. The van der Waals surface area contributed by atoms with Crippen molar-refractivity contribution in [1.29, 1.82) is 0 Å². The maximum Gasteiger partial charge on any atom is 0.0210 e. The molecule has 1 aromatic carbocycles. The molecule has 2 heteroatoms. The molecule has 0 spiro atoms. The molecule has 21 heavy (non-hydrogen) atoms. The zero-order chi connectivity index (χ0) is 14.9. The summed E-state index contributed by atoms with van der Waals surface area (Å²) in [5.41, 5.74) is 1.57. The first-order valence-electron chi connectivity index (χ1n) is 8.46. The molecule has 2 aliphatic rings. The quantitative estimate of drug-likeness (QED) is 0.759. The SMILES string of the molecule is CC(C)(C)NCc1ccc(SCC2CC3CCC2C3)cc1. The standard InChI is InChI=1S/C19H29NS/c1-19(2,3)20-12-14-5-8-18(9-6-14)21-13-17-11-15-4-7-16(17)10-15/h5-6,8-9,15-17,20H,4,7,10-13H2,1-3H3. The van der Waals surface area contributed by atoms with Crippen LogP contribution in [0.3, 0.4) is 0 Å². The third-order valence-corrected chi connectivity index (χ3v) is 6.30. The molecule has 2 aliphatic carbocycles. The molecular weight excluding hydrogens is 274 g/mol. The number of rotatable bonds is 5. The van der Waals surface area contributed by atoms with E-state index < -0.39 is 0 Å². The highest BCUT2D eigenvalue weighted by Gasteiger charge is 2.39. The first kappa shape index (κ1) is 15.4. The molecule has 1 nitrogen and oxygen atoms in total. The lowest BCUT2D eigenvalue weighted by Crippen LogP contribution is -2.35. The van der Waals surface area contributed by atoms with E-state index in [9.17, 15) is 0 Å². The highest BCUT2D eigenvalue weighted by Crippen LogP contribution is 2.49. The number of benzene rings is 1. The molecular formula is C19H29NS. The first-order chi connectivity index (χ1) is 9.99. The highest BCUT2D eigenvalue weighted by atomic mass is 32.2. The van der Waals surface area contributed by atoms with Crippen LogP contribution in [0.15, 0.2) is 29.2 Å². The van der Waals surface area contributed by atoms with Gasteiger partial charge in [-0.05, 0) is 75.5 Å². The Labute approximate surface area is 134 Å². The molecule has 0 saturated heterocycles. The van der Waals surface area contributed by atoms with Crippen LogP contribution >= 0.6 is 11.8 Å². The van der Waals surface area contributed by atoms with E-state index in [4.69, 9.17) is 0 Å². The molecule has 0 amide bonds. The van der Waals surface area contributed by atoms with Crippen molar-refractivity contribution in [1.82, 2.24) is 5.32 Å². The highest BCUT2D eigenvalue weighted by molar-refractivity contribution is 7.99. The summed E-state index contributed by atoms with van der Waals surface area (Å²) >= 11 is 2.07. The van der Waals surface area contributed by atoms with Crippen LogP contribution in [-0.4, -0.2) is 11.3 Å². The zero-order valence-corrected chi connectivity index (χ0v) is 14.5. The molecule has 3 rings (SSSR count). The molecule has 0 aromatic heterocycles. The van der Waals surface area contributed by atoms with Crippen LogP contribution < -0.4 is 5.32 Å². The van der Waals surface area contributed by atoms with E-state index in [1.54, 1.807) is 0 Å². The van der Waals surface area contributed by atoms with Crippen LogP contribution in [0.5, 0.6) is 0 Å². The minimum Gasteiger partial charge on any atom is -0.308 e. The van der Waals surface area contributed by atoms with Gasteiger partial charge in [-0.25, -0.2) is 0 Å². The summed E-state index contributed by atoms with van der Waals surface area (Å²) in [6.07, 6.45) is 6.06. The van der Waals surface area contributed by atoms with Gasteiger partial charge in [-0.2, -0.15) is 0 Å². The van der Waals surface area contributed by atoms with Gasteiger partial charge in [-0.15, -0.1) is 11.8 Å². The summed E-state index contributed by atoms with van der Waals surface area (Å²) in [4.78, 5) is 1.44. The van der Waals surface area contributed by atoms with Crippen LogP contribution in [0.4, 0.5) is 0 Å². The molecule has 0 radical (unpaired) electrons. The fourth-order valence-electron chi connectivity index (χ4n) is 3.85. The van der Waals surface area contributed by atoms with Crippen molar-refractivity contribution in [3.8, 4) is 0 Å². The van der Waals surface area contributed by atoms with Crippen LogP contribution in [0.1, 0.15) is 52.0 Å². The Morgan fingerprint density at radius 1 is 1.10 bits per heavy atom. The number of fused-ring (bicyclic) bond motifs is 2. The molecule has 2 saturated carbocycles. The molecule has 3 unspecified atom stereocenters. The number of hydrogen-bond acceptors (Lipinski definition) is 2. The number of hydrogen-bond donors (Lipinski definition) is 1. The van der Waals surface area contributed by atoms with Gasteiger partial charge in [0.25, 0.3) is 0 Å². The molecule has 2 bridgehead atoms. The Morgan fingerprint density at radius 3 is 2.43 bits per heavy atom. The van der Waals surface area contributed by atoms with Crippen LogP contribution in [-0.2, 0) is 6.54 Å². The van der Waals surface area contributed by atoms with E-state index in [-0.39, 0.29) is 5.54 Å². The van der Waals surface area contributed by atoms with Crippen LogP contribution in [0.2, 0.25) is 0 Å². The van der Waals surface area contributed by atoms with Gasteiger partial charge in [0.1, 0.15) is 0 Å². The van der Waals surface area contributed by atoms with Gasteiger partial charge in [0, 0.05) is 22.7 Å². The van der Waals surface area contributed by atoms with Gasteiger partial charge in [0.2, 0.25) is 0 Å². The predicted molar refractivity (Wildman–Crippen MR) is 92.7 cm³/mol. The van der Waals surface area contributed by atoms with E-state index in [1.165, 1.54) is 41.9 Å². The van der Waals surface area contributed by atoms with Gasteiger partial charge in [-0.1, -0.05) is 18.6 Å². The Bertz CT molecular complexity index is 459. The van der Waals surface area contributed by atoms with Crippen molar-refractivity contribution in [2.75, 3.05) is 5.75 Å². The molecule has 2 fully saturated rings. The van der Waals surface area contributed by atoms with E-state index in [0.717, 1.165) is 24.3 Å². The third kappa shape index (κ3) is 4.26. The minimum absolute atomic E-state index is 0.190. The predicted octanol–water partition coefficient (Wildman–Crippen LogP) is 5.10. The summed E-state index contributed by atoms with van der Waals surface area (Å²) in [6, 6.07) is 9.17. The van der Waals surface area contributed by atoms with E-state index in [0.29, 0.717) is 0 Å². The summed E-state index contributed by atoms with van der Waals surface area (Å²) < 4.78 is 0. The van der Waals surface area contributed by atoms with Gasteiger partial charge < -0.3 is 5.32 Å². The normalized spacial score (nSPS) is 28.2. The van der Waals surface area contributed by atoms with Gasteiger partial charge in [-0.3, -0.25) is 0 Å². The largest absolute Gasteiger partial charge is 0.308 e. The molecule has 1 N–H and O–H groups in total. The Kier molecular flexibility index (Phi) is 4.66. The van der Waals surface area contributed by atoms with Gasteiger partial charge >= 0.3 is 0 Å². The second-order valence-corrected chi connectivity index (χ2v) is 9.09. The lowest BCUT2D eigenvalue weighted by molar-refractivity contribution is 0.365. The Hall–Kier alpha value is -0.470. The molecule has 0 heterocycles. The molecule has 0 aliphatic heterocycles. The van der Waals surface area contributed by atoms with Crippen molar-refractivity contribution in [2.45, 2.75) is 63.4 Å².